The maximum atomic E-state index is 12.6. The van der Waals surface area contributed by atoms with E-state index in [1.165, 1.54) is 24.0 Å². The molecule has 7 heteroatoms. The molecule has 1 saturated heterocycles. The van der Waals surface area contributed by atoms with Crippen LogP contribution >= 0.6 is 0 Å². The number of hydrogen-bond acceptors (Lipinski definition) is 4. The highest BCUT2D eigenvalue weighted by Crippen LogP contribution is 2.35. The normalized spacial score (nSPS) is 18.9. The van der Waals surface area contributed by atoms with Crippen molar-refractivity contribution in [1.29, 1.82) is 0 Å². The number of aromatic nitrogens is 2. The van der Waals surface area contributed by atoms with Gasteiger partial charge in [-0.2, -0.15) is 5.10 Å². The SMILES string of the molecule is NC(=O)c1cccc2c(-c3ccc4c(c3)CCCC4)nn(C3CCC(=O)NC3=O)c12. The van der Waals surface area contributed by atoms with Crippen molar-refractivity contribution in [3.8, 4) is 11.3 Å². The lowest BCUT2D eigenvalue weighted by atomic mass is 9.89. The second-order valence-electron chi connectivity index (χ2n) is 8.02. The molecular formula is C23H22N4O3. The van der Waals surface area contributed by atoms with Gasteiger partial charge in [-0.3, -0.25) is 24.4 Å². The quantitative estimate of drug-likeness (QED) is 0.657. The van der Waals surface area contributed by atoms with Crippen molar-refractivity contribution in [2.24, 2.45) is 5.73 Å². The zero-order valence-corrected chi connectivity index (χ0v) is 16.5. The number of nitrogens with one attached hydrogen (secondary N) is 1. The number of rotatable bonds is 3. The topological polar surface area (TPSA) is 107 Å². The second kappa shape index (κ2) is 7.09. The number of fused-ring (bicyclic) bond motifs is 2. The highest BCUT2D eigenvalue weighted by atomic mass is 16.2. The van der Waals surface area contributed by atoms with Crippen LogP contribution in [-0.2, 0) is 22.4 Å². The number of nitrogens with zero attached hydrogens (tertiary/aromatic N) is 2. The van der Waals surface area contributed by atoms with Crippen LogP contribution in [0.5, 0.6) is 0 Å². The summed E-state index contributed by atoms with van der Waals surface area (Å²) >= 11 is 0. The van der Waals surface area contributed by atoms with Gasteiger partial charge >= 0.3 is 0 Å². The minimum atomic E-state index is -0.669. The molecule has 3 N–H and O–H groups in total. The molecule has 0 bridgehead atoms. The second-order valence-corrected chi connectivity index (χ2v) is 8.02. The van der Waals surface area contributed by atoms with Gasteiger partial charge in [-0.05, 0) is 55.4 Å². The summed E-state index contributed by atoms with van der Waals surface area (Å²) in [6.45, 7) is 0. The van der Waals surface area contributed by atoms with Crippen LogP contribution in [-0.4, -0.2) is 27.5 Å². The number of nitrogens with two attached hydrogens (primary N) is 1. The van der Waals surface area contributed by atoms with Gasteiger partial charge in [0.2, 0.25) is 5.91 Å². The first-order valence-corrected chi connectivity index (χ1v) is 10.3. The number of carbonyl (C=O) groups is 3. The molecule has 1 unspecified atom stereocenters. The van der Waals surface area contributed by atoms with Gasteiger partial charge in [-0.1, -0.05) is 24.3 Å². The fourth-order valence-electron chi connectivity index (χ4n) is 4.63. The molecule has 5 rings (SSSR count). The Kier molecular flexibility index (Phi) is 4.38. The number of amides is 3. The monoisotopic (exact) mass is 402 g/mol. The van der Waals surface area contributed by atoms with Crippen molar-refractivity contribution < 1.29 is 14.4 Å². The molecule has 2 heterocycles. The van der Waals surface area contributed by atoms with E-state index in [-0.39, 0.29) is 12.3 Å². The summed E-state index contributed by atoms with van der Waals surface area (Å²) in [4.78, 5) is 36.3. The van der Waals surface area contributed by atoms with Crippen LogP contribution in [0.2, 0.25) is 0 Å². The fraction of sp³-hybridized carbons (Fsp3) is 0.304. The molecular weight excluding hydrogens is 380 g/mol. The molecule has 2 aliphatic rings. The van der Waals surface area contributed by atoms with Gasteiger partial charge < -0.3 is 5.73 Å². The lowest BCUT2D eigenvalue weighted by Gasteiger charge is -2.22. The van der Waals surface area contributed by atoms with Crippen LogP contribution in [0.4, 0.5) is 0 Å². The summed E-state index contributed by atoms with van der Waals surface area (Å²) in [5.74, 6) is -1.28. The van der Waals surface area contributed by atoms with Gasteiger partial charge in [0.05, 0.1) is 11.1 Å². The third-order valence-electron chi connectivity index (χ3n) is 6.12. The average molecular weight is 402 g/mol. The van der Waals surface area contributed by atoms with Crippen LogP contribution in [0.25, 0.3) is 22.2 Å². The molecule has 2 aromatic carbocycles. The standard InChI is InChI=1S/C23H22N4O3/c24-22(29)17-7-3-6-16-20(15-9-8-13-4-1-2-5-14(13)12-15)26-27(21(16)17)18-10-11-19(28)25-23(18)30/h3,6-9,12,18H,1-2,4-5,10-11H2,(H2,24,29)(H,25,28,30). The van der Waals surface area contributed by atoms with E-state index in [1.807, 2.05) is 6.07 Å². The Labute approximate surface area is 173 Å². The van der Waals surface area contributed by atoms with Gasteiger partial charge in [0.1, 0.15) is 11.7 Å². The molecule has 7 nitrogen and oxygen atoms in total. The Morgan fingerprint density at radius 3 is 2.63 bits per heavy atom. The van der Waals surface area contributed by atoms with Crippen molar-refractivity contribution >= 4 is 28.6 Å². The lowest BCUT2D eigenvalue weighted by Crippen LogP contribution is -2.42. The minimum Gasteiger partial charge on any atom is -0.366 e. The number of benzene rings is 2. The number of imide groups is 1. The minimum absolute atomic E-state index is 0.227. The van der Waals surface area contributed by atoms with E-state index >= 15 is 0 Å². The number of aryl methyl sites for hydroxylation is 2. The van der Waals surface area contributed by atoms with E-state index in [0.717, 1.165) is 23.8 Å². The third-order valence-corrected chi connectivity index (χ3v) is 6.12. The molecule has 1 aliphatic heterocycles. The summed E-state index contributed by atoms with van der Waals surface area (Å²) in [5.41, 5.74) is 10.9. The van der Waals surface area contributed by atoms with Gasteiger partial charge in [0.25, 0.3) is 11.8 Å². The molecule has 1 atom stereocenters. The Morgan fingerprint density at radius 2 is 1.87 bits per heavy atom. The van der Waals surface area contributed by atoms with E-state index in [1.54, 1.807) is 16.8 Å². The molecule has 1 aliphatic carbocycles. The summed E-state index contributed by atoms with van der Waals surface area (Å²) in [6.07, 6.45) is 5.08. The van der Waals surface area contributed by atoms with Crippen molar-refractivity contribution in [2.75, 3.05) is 0 Å². The molecule has 1 fully saturated rings. The molecule has 0 spiro atoms. The number of piperidine rings is 1. The van der Waals surface area contributed by atoms with E-state index < -0.39 is 17.9 Å². The van der Waals surface area contributed by atoms with Gasteiger partial charge in [-0.15, -0.1) is 0 Å². The van der Waals surface area contributed by atoms with Crippen LogP contribution in [0.1, 0.15) is 53.2 Å². The summed E-state index contributed by atoms with van der Waals surface area (Å²) in [6, 6.07) is 11.0. The first-order chi connectivity index (χ1) is 14.5. The predicted octanol–water partition coefficient (Wildman–Crippen LogP) is 2.66. The van der Waals surface area contributed by atoms with Crippen LogP contribution < -0.4 is 11.1 Å². The van der Waals surface area contributed by atoms with Crippen LogP contribution in [0.3, 0.4) is 0 Å². The van der Waals surface area contributed by atoms with E-state index in [0.29, 0.717) is 23.2 Å². The van der Waals surface area contributed by atoms with Gasteiger partial charge in [0.15, 0.2) is 0 Å². The molecule has 1 aromatic heterocycles. The zero-order valence-electron chi connectivity index (χ0n) is 16.5. The third kappa shape index (κ3) is 2.98. The largest absolute Gasteiger partial charge is 0.366 e. The average Bonchev–Trinajstić information content (AvgIpc) is 3.13. The van der Waals surface area contributed by atoms with Crippen molar-refractivity contribution in [3.05, 3.63) is 53.1 Å². The maximum absolute atomic E-state index is 12.6. The van der Waals surface area contributed by atoms with Gasteiger partial charge in [-0.25, -0.2) is 0 Å². The molecule has 3 aromatic rings. The molecule has 0 radical (unpaired) electrons. The number of para-hydroxylation sites is 1. The van der Waals surface area contributed by atoms with Crippen LogP contribution in [0, 0.1) is 0 Å². The maximum Gasteiger partial charge on any atom is 0.251 e. The Hall–Kier alpha value is -3.48. The van der Waals surface area contributed by atoms with Crippen LogP contribution in [0.15, 0.2) is 36.4 Å². The number of hydrogen-bond donors (Lipinski definition) is 2. The molecule has 30 heavy (non-hydrogen) atoms. The molecule has 0 saturated carbocycles. The summed E-state index contributed by atoms with van der Waals surface area (Å²) in [5, 5.41) is 7.93. The Bertz CT molecular complexity index is 1210. The highest BCUT2D eigenvalue weighted by Gasteiger charge is 2.32. The predicted molar refractivity (Wildman–Crippen MR) is 112 cm³/mol. The van der Waals surface area contributed by atoms with Crippen molar-refractivity contribution in [3.63, 3.8) is 0 Å². The summed E-state index contributed by atoms with van der Waals surface area (Å²) < 4.78 is 1.58. The first-order valence-electron chi connectivity index (χ1n) is 10.3. The molecule has 3 amide bonds. The fourth-order valence-corrected chi connectivity index (χ4v) is 4.63. The van der Waals surface area contributed by atoms with Crippen molar-refractivity contribution in [2.45, 2.75) is 44.6 Å². The number of primary amides is 1. The highest BCUT2D eigenvalue weighted by molar-refractivity contribution is 6.09. The summed E-state index contributed by atoms with van der Waals surface area (Å²) in [7, 11) is 0. The molecule has 152 valence electrons. The van der Waals surface area contributed by atoms with Gasteiger partial charge in [0, 0.05) is 17.4 Å². The van der Waals surface area contributed by atoms with Crippen molar-refractivity contribution in [1.82, 2.24) is 15.1 Å². The van der Waals surface area contributed by atoms with E-state index in [4.69, 9.17) is 10.8 Å². The van der Waals surface area contributed by atoms with E-state index in [9.17, 15) is 14.4 Å². The zero-order chi connectivity index (χ0) is 20.8. The lowest BCUT2D eigenvalue weighted by molar-refractivity contribution is -0.135. The number of carbonyl (C=O) groups excluding carboxylic acids is 3. The Balaban J connectivity index is 1.72. The van der Waals surface area contributed by atoms with E-state index in [2.05, 4.69) is 23.5 Å². The Morgan fingerprint density at radius 1 is 1.07 bits per heavy atom. The first kappa shape index (κ1) is 18.5. The smallest absolute Gasteiger partial charge is 0.251 e.